The van der Waals surface area contributed by atoms with Crippen molar-refractivity contribution in [3.05, 3.63) is 59.7 Å². The predicted octanol–water partition coefficient (Wildman–Crippen LogP) is 3.59. The third-order valence-corrected chi connectivity index (χ3v) is 2.73. The lowest BCUT2D eigenvalue weighted by atomic mass is 10.0. The van der Waals surface area contributed by atoms with E-state index in [2.05, 4.69) is 4.74 Å². The average Bonchev–Trinajstić information content (AvgIpc) is 2.39. The molecule has 0 atom stereocenters. The molecule has 0 bridgehead atoms. The van der Waals surface area contributed by atoms with Gasteiger partial charge in [0.15, 0.2) is 5.78 Å². The van der Waals surface area contributed by atoms with Gasteiger partial charge in [0, 0.05) is 17.7 Å². The fourth-order valence-corrected chi connectivity index (χ4v) is 1.81. The van der Waals surface area contributed by atoms with Crippen molar-refractivity contribution in [2.24, 2.45) is 0 Å². The van der Waals surface area contributed by atoms with Gasteiger partial charge in [-0.15, -0.1) is 13.2 Å². The zero-order chi connectivity index (χ0) is 15.5. The van der Waals surface area contributed by atoms with E-state index in [0.29, 0.717) is 16.8 Å². The molecule has 0 spiro atoms. The molecule has 0 amide bonds. The minimum absolute atomic E-state index is 0.0791. The number of alkyl halides is 3. The molecule has 2 N–H and O–H groups in total. The number of ketones is 1. The van der Waals surface area contributed by atoms with Crippen LogP contribution >= 0.6 is 0 Å². The van der Waals surface area contributed by atoms with E-state index in [0.717, 1.165) is 0 Å². The highest BCUT2D eigenvalue weighted by Crippen LogP contribution is 2.23. The second-order valence-corrected chi connectivity index (χ2v) is 4.42. The number of ether oxygens (including phenoxy) is 1. The smallest absolute Gasteiger partial charge is 0.406 e. The van der Waals surface area contributed by atoms with Gasteiger partial charge in [-0.25, -0.2) is 0 Å². The van der Waals surface area contributed by atoms with Crippen molar-refractivity contribution in [2.45, 2.75) is 12.8 Å². The van der Waals surface area contributed by atoms with Gasteiger partial charge >= 0.3 is 6.36 Å². The highest BCUT2D eigenvalue weighted by molar-refractivity contribution is 5.98. The minimum atomic E-state index is -4.72. The molecule has 0 aliphatic heterocycles. The summed E-state index contributed by atoms with van der Waals surface area (Å²) in [4.78, 5) is 12.0. The molecule has 2 aromatic rings. The molecule has 0 aliphatic carbocycles. The SMILES string of the molecule is Nc1cccc(C(=O)Cc2ccc(OC(F)(F)F)cc2)c1. The van der Waals surface area contributed by atoms with Gasteiger partial charge < -0.3 is 10.5 Å². The van der Waals surface area contributed by atoms with Crippen molar-refractivity contribution < 1.29 is 22.7 Å². The molecule has 0 aromatic heterocycles. The van der Waals surface area contributed by atoms with Crippen molar-refractivity contribution in [3.8, 4) is 5.75 Å². The number of nitrogen functional groups attached to an aromatic ring is 1. The summed E-state index contributed by atoms with van der Waals surface area (Å²) in [6, 6.07) is 11.7. The number of Topliss-reactive ketones (excluding diaryl/α,β-unsaturated/α-hetero) is 1. The predicted molar refractivity (Wildman–Crippen MR) is 72.0 cm³/mol. The van der Waals surface area contributed by atoms with Gasteiger partial charge in [0.2, 0.25) is 0 Å². The van der Waals surface area contributed by atoms with E-state index < -0.39 is 6.36 Å². The summed E-state index contributed by atoms with van der Waals surface area (Å²) in [6.45, 7) is 0. The van der Waals surface area contributed by atoms with E-state index in [1.165, 1.54) is 24.3 Å². The Morgan fingerprint density at radius 3 is 2.33 bits per heavy atom. The highest BCUT2D eigenvalue weighted by atomic mass is 19.4. The maximum Gasteiger partial charge on any atom is 0.573 e. The Balaban J connectivity index is 2.05. The Morgan fingerprint density at radius 2 is 1.76 bits per heavy atom. The summed E-state index contributed by atoms with van der Waals surface area (Å²) < 4.78 is 39.8. The Bertz CT molecular complexity index is 636. The number of nitrogens with two attached hydrogens (primary N) is 1. The Labute approximate surface area is 119 Å². The topological polar surface area (TPSA) is 52.3 Å². The van der Waals surface area contributed by atoms with Crippen LogP contribution in [0.5, 0.6) is 5.75 Å². The van der Waals surface area contributed by atoms with Crippen LogP contribution in [0.25, 0.3) is 0 Å². The third kappa shape index (κ3) is 4.52. The zero-order valence-corrected chi connectivity index (χ0v) is 10.9. The maximum atomic E-state index is 12.0. The molecule has 0 aliphatic rings. The molecule has 0 saturated carbocycles. The highest BCUT2D eigenvalue weighted by Gasteiger charge is 2.30. The van der Waals surface area contributed by atoms with E-state index >= 15 is 0 Å². The second-order valence-electron chi connectivity index (χ2n) is 4.42. The monoisotopic (exact) mass is 295 g/mol. The minimum Gasteiger partial charge on any atom is -0.406 e. The molecule has 2 rings (SSSR count). The van der Waals surface area contributed by atoms with Crippen LogP contribution < -0.4 is 10.5 Å². The lowest BCUT2D eigenvalue weighted by Gasteiger charge is -2.09. The van der Waals surface area contributed by atoms with Crippen LogP contribution in [-0.2, 0) is 6.42 Å². The van der Waals surface area contributed by atoms with Crippen LogP contribution in [0, 0.1) is 0 Å². The fraction of sp³-hybridized carbons (Fsp3) is 0.133. The first-order valence-corrected chi connectivity index (χ1v) is 6.07. The van der Waals surface area contributed by atoms with Gasteiger partial charge in [-0.05, 0) is 29.8 Å². The number of hydrogen-bond acceptors (Lipinski definition) is 3. The molecule has 2 aromatic carbocycles. The molecular weight excluding hydrogens is 283 g/mol. The number of anilines is 1. The molecule has 6 heteroatoms. The van der Waals surface area contributed by atoms with Gasteiger partial charge in [0.25, 0.3) is 0 Å². The zero-order valence-electron chi connectivity index (χ0n) is 10.9. The Hall–Kier alpha value is -2.50. The Kier molecular flexibility index (Phi) is 4.16. The number of hydrogen-bond donors (Lipinski definition) is 1. The standard InChI is InChI=1S/C15H12F3NO2/c16-15(17,18)21-13-6-4-10(5-7-13)8-14(20)11-2-1-3-12(19)9-11/h1-7,9H,8,19H2. The lowest BCUT2D eigenvalue weighted by Crippen LogP contribution is -2.17. The summed E-state index contributed by atoms with van der Waals surface area (Å²) in [5, 5.41) is 0. The molecule has 0 unspecified atom stereocenters. The van der Waals surface area contributed by atoms with Crippen LogP contribution in [0.15, 0.2) is 48.5 Å². The number of benzene rings is 2. The molecule has 3 nitrogen and oxygen atoms in total. The van der Waals surface area contributed by atoms with Crippen LogP contribution in [0.4, 0.5) is 18.9 Å². The summed E-state index contributed by atoms with van der Waals surface area (Å²) >= 11 is 0. The van der Waals surface area contributed by atoms with Crippen molar-refractivity contribution in [2.75, 3.05) is 5.73 Å². The van der Waals surface area contributed by atoms with Crippen molar-refractivity contribution in [1.82, 2.24) is 0 Å². The van der Waals surface area contributed by atoms with E-state index in [1.54, 1.807) is 24.3 Å². The normalized spacial score (nSPS) is 11.2. The summed E-state index contributed by atoms with van der Waals surface area (Å²) in [7, 11) is 0. The molecular formula is C15H12F3NO2. The molecule has 0 fully saturated rings. The molecule has 110 valence electrons. The van der Waals surface area contributed by atoms with Crippen molar-refractivity contribution in [1.29, 1.82) is 0 Å². The number of rotatable bonds is 4. The number of carbonyl (C=O) groups is 1. The molecule has 0 saturated heterocycles. The van der Waals surface area contributed by atoms with E-state index in [1.807, 2.05) is 0 Å². The van der Waals surface area contributed by atoms with Gasteiger partial charge in [-0.2, -0.15) is 0 Å². The second kappa shape index (κ2) is 5.87. The Morgan fingerprint density at radius 1 is 1.10 bits per heavy atom. The first-order valence-electron chi connectivity index (χ1n) is 6.07. The van der Waals surface area contributed by atoms with Crippen LogP contribution in [0.2, 0.25) is 0 Å². The quantitative estimate of drug-likeness (QED) is 0.692. The lowest BCUT2D eigenvalue weighted by molar-refractivity contribution is -0.274. The summed E-state index contributed by atoms with van der Waals surface area (Å²) in [5.41, 5.74) is 7.13. The van der Waals surface area contributed by atoms with E-state index in [-0.39, 0.29) is 18.0 Å². The molecule has 21 heavy (non-hydrogen) atoms. The van der Waals surface area contributed by atoms with Crippen LogP contribution in [0.3, 0.4) is 0 Å². The maximum absolute atomic E-state index is 12.0. The van der Waals surface area contributed by atoms with Gasteiger partial charge in [-0.1, -0.05) is 24.3 Å². The van der Waals surface area contributed by atoms with E-state index in [9.17, 15) is 18.0 Å². The van der Waals surface area contributed by atoms with Crippen molar-refractivity contribution >= 4 is 11.5 Å². The third-order valence-electron chi connectivity index (χ3n) is 2.73. The van der Waals surface area contributed by atoms with Gasteiger partial charge in [-0.3, -0.25) is 4.79 Å². The number of halogens is 3. The van der Waals surface area contributed by atoms with E-state index in [4.69, 9.17) is 5.73 Å². The van der Waals surface area contributed by atoms with Gasteiger partial charge in [0.05, 0.1) is 0 Å². The summed E-state index contributed by atoms with van der Waals surface area (Å²) in [5.74, 6) is -0.477. The van der Waals surface area contributed by atoms with Crippen LogP contribution in [0.1, 0.15) is 15.9 Å². The number of carbonyl (C=O) groups excluding carboxylic acids is 1. The largest absolute Gasteiger partial charge is 0.573 e. The van der Waals surface area contributed by atoms with Gasteiger partial charge in [0.1, 0.15) is 5.75 Å². The first kappa shape index (κ1) is 14.9. The first-order chi connectivity index (χ1) is 9.83. The fourth-order valence-electron chi connectivity index (χ4n) is 1.81. The van der Waals surface area contributed by atoms with Crippen LogP contribution in [-0.4, -0.2) is 12.1 Å². The van der Waals surface area contributed by atoms with Crippen molar-refractivity contribution in [3.63, 3.8) is 0 Å². The molecule has 0 radical (unpaired) electrons. The molecule has 0 heterocycles. The summed E-state index contributed by atoms with van der Waals surface area (Å²) in [6.07, 6.45) is -4.64. The average molecular weight is 295 g/mol.